The largest absolute Gasteiger partial charge is 0.462 e. The van der Waals surface area contributed by atoms with Gasteiger partial charge in [-0.3, -0.25) is 4.79 Å². The maximum absolute atomic E-state index is 13.2. The number of esters is 2. The zero-order valence-electron chi connectivity index (χ0n) is 19.9. The van der Waals surface area contributed by atoms with Gasteiger partial charge in [0.2, 0.25) is 0 Å². The van der Waals surface area contributed by atoms with Crippen LogP contribution in [0.4, 0.5) is 0 Å². The minimum absolute atomic E-state index is 0.223. The van der Waals surface area contributed by atoms with Crippen molar-refractivity contribution < 1.29 is 19.1 Å². The van der Waals surface area contributed by atoms with Gasteiger partial charge in [-0.2, -0.15) is 0 Å². The maximum Gasteiger partial charge on any atom is 0.342 e. The molecule has 0 aliphatic rings. The van der Waals surface area contributed by atoms with E-state index in [4.69, 9.17) is 9.47 Å². The van der Waals surface area contributed by atoms with Crippen LogP contribution in [-0.4, -0.2) is 18.5 Å². The highest BCUT2D eigenvalue weighted by Gasteiger charge is 2.46. The first-order valence-electron chi connectivity index (χ1n) is 11.6. The molecule has 0 unspecified atom stereocenters. The van der Waals surface area contributed by atoms with Crippen LogP contribution in [0.1, 0.15) is 29.8 Å². The van der Waals surface area contributed by atoms with E-state index in [0.29, 0.717) is 11.7 Å². The predicted molar refractivity (Wildman–Crippen MR) is 143 cm³/mol. The van der Waals surface area contributed by atoms with E-state index in [9.17, 15) is 9.59 Å². The van der Waals surface area contributed by atoms with E-state index in [1.165, 1.54) is 22.8 Å². The van der Waals surface area contributed by atoms with E-state index in [-0.39, 0.29) is 12.4 Å². The van der Waals surface area contributed by atoms with Crippen molar-refractivity contribution in [3.8, 4) is 5.75 Å². The quantitative estimate of drug-likeness (QED) is 0.194. The lowest BCUT2D eigenvalue weighted by atomic mass is 10.1. The molecule has 0 radical (unpaired) electrons. The van der Waals surface area contributed by atoms with Crippen molar-refractivity contribution in [3.05, 3.63) is 120 Å². The number of rotatable bonds is 8. The molecule has 0 aliphatic heterocycles. The Kier molecular flexibility index (Phi) is 7.74. The van der Waals surface area contributed by atoms with E-state index < -0.39 is 19.2 Å². The summed E-state index contributed by atoms with van der Waals surface area (Å²) >= 11 is 0. The lowest BCUT2D eigenvalue weighted by Gasteiger charge is -2.28. The predicted octanol–water partition coefficient (Wildman–Crippen LogP) is 5.28. The molecule has 35 heavy (non-hydrogen) atoms. The van der Waals surface area contributed by atoms with Crippen molar-refractivity contribution in [2.24, 2.45) is 0 Å². The summed E-state index contributed by atoms with van der Waals surface area (Å²) in [4.78, 5) is 25.0. The second-order valence-corrected chi connectivity index (χ2v) is 11.6. The van der Waals surface area contributed by atoms with Crippen molar-refractivity contribution in [1.29, 1.82) is 0 Å². The fourth-order valence-electron chi connectivity index (χ4n) is 4.41. The molecule has 0 spiro atoms. The highest BCUT2D eigenvalue weighted by Crippen LogP contribution is 2.58. The first-order chi connectivity index (χ1) is 17.1. The van der Waals surface area contributed by atoms with Crippen molar-refractivity contribution in [1.82, 2.24) is 0 Å². The van der Waals surface area contributed by atoms with Gasteiger partial charge in [0.25, 0.3) is 0 Å². The molecule has 0 atom stereocenters. The molecule has 0 heterocycles. The average Bonchev–Trinajstić information content (AvgIpc) is 2.89. The van der Waals surface area contributed by atoms with Gasteiger partial charge in [0.15, 0.2) is 0 Å². The normalized spacial score (nSPS) is 11.0. The molecule has 4 aromatic rings. The van der Waals surface area contributed by atoms with Gasteiger partial charge in [-0.25, -0.2) is 4.79 Å². The summed E-state index contributed by atoms with van der Waals surface area (Å²) in [6, 6.07) is 36.7. The molecule has 0 saturated heterocycles. The highest BCUT2D eigenvalue weighted by molar-refractivity contribution is 7.95. The number of benzene rings is 4. The van der Waals surface area contributed by atoms with Crippen LogP contribution < -0.4 is 20.7 Å². The Morgan fingerprint density at radius 3 is 1.60 bits per heavy atom. The van der Waals surface area contributed by atoms with Gasteiger partial charge in [0, 0.05) is 12.5 Å². The van der Waals surface area contributed by atoms with Crippen LogP contribution in [0.2, 0.25) is 0 Å². The van der Waals surface area contributed by atoms with E-state index in [0.717, 1.165) is 5.56 Å². The van der Waals surface area contributed by atoms with Crippen LogP contribution in [0, 0.1) is 0 Å². The Balaban J connectivity index is 2.01. The summed E-state index contributed by atoms with van der Waals surface area (Å²) in [6.07, 6.45) is 0.564. The molecule has 0 saturated carbocycles. The van der Waals surface area contributed by atoms with Crippen molar-refractivity contribution in [2.75, 3.05) is 6.61 Å². The van der Waals surface area contributed by atoms with Crippen molar-refractivity contribution >= 4 is 35.1 Å². The summed E-state index contributed by atoms with van der Waals surface area (Å²) in [7, 11) is -2.26. The van der Waals surface area contributed by atoms with Crippen LogP contribution in [0.25, 0.3) is 0 Å². The molecule has 0 N–H and O–H groups in total. The molecular weight excluding hydrogens is 455 g/mol. The summed E-state index contributed by atoms with van der Waals surface area (Å²) in [5, 5.41) is 3.60. The number of ether oxygens (including phenoxy) is 2. The molecule has 176 valence electrons. The molecule has 0 aliphatic carbocycles. The Bertz CT molecular complexity index is 1190. The topological polar surface area (TPSA) is 52.6 Å². The molecule has 4 rings (SSSR count). The Morgan fingerprint density at radius 1 is 0.686 bits per heavy atom. The fourth-order valence-corrected chi connectivity index (χ4v) is 8.67. The van der Waals surface area contributed by atoms with Gasteiger partial charge in [-0.15, -0.1) is 0 Å². The Hall–Kier alpha value is -3.75. The van der Waals surface area contributed by atoms with E-state index in [1.54, 1.807) is 13.0 Å². The number of hydrogen-bond acceptors (Lipinski definition) is 4. The first-order valence-corrected chi connectivity index (χ1v) is 13.6. The van der Waals surface area contributed by atoms with Crippen molar-refractivity contribution in [3.63, 3.8) is 0 Å². The van der Waals surface area contributed by atoms with Gasteiger partial charge in [-0.1, -0.05) is 66.7 Å². The molecule has 5 heteroatoms. The molecular formula is C30H28O4P+. The van der Waals surface area contributed by atoms with Gasteiger partial charge in [0.1, 0.15) is 34.5 Å². The standard InChI is InChI=1S/C30H28O4P/c1-3-33-30(32)29-24(14-13-21-28(29)34-23(2)31)22-35(25-15-7-4-8-16-25,26-17-9-5-10-18-26)27-19-11-6-12-20-27/h4-21H,3,22H2,1-2H3/q+1. The second kappa shape index (κ2) is 11.1. The first kappa shape index (κ1) is 24.4. The third kappa shape index (κ3) is 5.18. The molecule has 4 nitrogen and oxygen atoms in total. The maximum atomic E-state index is 13.2. The van der Waals surface area contributed by atoms with Crippen LogP contribution in [0.15, 0.2) is 109 Å². The average molecular weight is 484 g/mol. The highest BCUT2D eigenvalue weighted by atomic mass is 31.2. The van der Waals surface area contributed by atoms with E-state index in [1.807, 2.05) is 30.3 Å². The molecule has 0 fully saturated rings. The third-order valence-corrected chi connectivity index (χ3v) is 10.2. The van der Waals surface area contributed by atoms with Gasteiger partial charge in [0.05, 0.1) is 12.8 Å². The molecule has 0 aromatic heterocycles. The van der Waals surface area contributed by atoms with Crippen molar-refractivity contribution in [2.45, 2.75) is 20.0 Å². The van der Waals surface area contributed by atoms with Crippen LogP contribution >= 0.6 is 7.26 Å². The SMILES string of the molecule is CCOC(=O)c1c(C[P+](c2ccccc2)(c2ccccc2)c2ccccc2)cccc1OC(C)=O. The summed E-state index contributed by atoms with van der Waals surface area (Å²) in [6.45, 7) is 3.32. The van der Waals surface area contributed by atoms with Gasteiger partial charge >= 0.3 is 11.9 Å². The van der Waals surface area contributed by atoms with Crippen LogP contribution in [0.5, 0.6) is 5.75 Å². The third-order valence-electron chi connectivity index (χ3n) is 5.84. The number of hydrogen-bond donors (Lipinski definition) is 0. The minimum atomic E-state index is -2.26. The zero-order valence-corrected chi connectivity index (χ0v) is 20.8. The smallest absolute Gasteiger partial charge is 0.342 e. The molecule has 0 bridgehead atoms. The summed E-state index contributed by atoms with van der Waals surface area (Å²) < 4.78 is 10.9. The summed E-state index contributed by atoms with van der Waals surface area (Å²) in [5.74, 6) is -0.754. The fraction of sp³-hybridized carbons (Fsp3) is 0.133. The molecule has 4 aromatic carbocycles. The lowest BCUT2D eigenvalue weighted by Crippen LogP contribution is -2.33. The Morgan fingerprint density at radius 2 is 1.17 bits per heavy atom. The minimum Gasteiger partial charge on any atom is -0.462 e. The number of carbonyl (C=O) groups is 2. The van der Waals surface area contributed by atoms with E-state index in [2.05, 4.69) is 72.8 Å². The van der Waals surface area contributed by atoms with E-state index >= 15 is 0 Å². The monoisotopic (exact) mass is 483 g/mol. The zero-order chi connectivity index (χ0) is 24.7. The lowest BCUT2D eigenvalue weighted by molar-refractivity contribution is -0.131. The van der Waals surface area contributed by atoms with Crippen LogP contribution in [0.3, 0.4) is 0 Å². The van der Waals surface area contributed by atoms with Gasteiger partial charge in [-0.05, 0) is 49.4 Å². The number of carbonyl (C=O) groups excluding carboxylic acids is 2. The molecule has 0 amide bonds. The van der Waals surface area contributed by atoms with Crippen LogP contribution in [-0.2, 0) is 15.7 Å². The summed E-state index contributed by atoms with van der Waals surface area (Å²) in [5.41, 5.74) is 1.09. The Labute approximate surface area is 206 Å². The second-order valence-electron chi connectivity index (χ2n) is 8.08. The van der Waals surface area contributed by atoms with Gasteiger partial charge < -0.3 is 9.47 Å².